The van der Waals surface area contributed by atoms with Crippen LogP contribution in [0, 0.1) is 17.3 Å². The molecule has 112 valence electrons. The highest BCUT2D eigenvalue weighted by Gasteiger charge is 2.47. The molecule has 2 unspecified atom stereocenters. The molecule has 1 aliphatic heterocycles. The van der Waals surface area contributed by atoms with E-state index in [1.54, 1.807) is 0 Å². The van der Waals surface area contributed by atoms with Gasteiger partial charge < -0.3 is 5.32 Å². The van der Waals surface area contributed by atoms with Gasteiger partial charge in [0.05, 0.1) is 0 Å². The average Bonchev–Trinajstić information content (AvgIpc) is 3.10. The first-order valence-corrected chi connectivity index (χ1v) is 8.14. The van der Waals surface area contributed by atoms with Crippen LogP contribution in [0.15, 0.2) is 0 Å². The van der Waals surface area contributed by atoms with Crippen molar-refractivity contribution in [2.24, 2.45) is 17.3 Å². The van der Waals surface area contributed by atoms with Gasteiger partial charge in [0.15, 0.2) is 0 Å². The lowest BCUT2D eigenvalue weighted by molar-refractivity contribution is -0.0195. The SMILES string of the molecule is CC(C)C1CNC(C(C)(C)C)CN1C(C)(C)C1CC1. The van der Waals surface area contributed by atoms with Crippen LogP contribution in [0.2, 0.25) is 0 Å². The third kappa shape index (κ3) is 3.16. The summed E-state index contributed by atoms with van der Waals surface area (Å²) in [7, 11) is 0. The lowest BCUT2D eigenvalue weighted by Gasteiger charge is -2.53. The van der Waals surface area contributed by atoms with E-state index in [1.165, 1.54) is 19.4 Å². The lowest BCUT2D eigenvalue weighted by atomic mass is 9.81. The molecule has 1 heterocycles. The predicted molar refractivity (Wildman–Crippen MR) is 83.4 cm³/mol. The van der Waals surface area contributed by atoms with Crippen LogP contribution in [0.4, 0.5) is 0 Å². The second-order valence-electron chi connectivity index (χ2n) is 8.72. The van der Waals surface area contributed by atoms with E-state index in [9.17, 15) is 0 Å². The Labute approximate surface area is 120 Å². The minimum Gasteiger partial charge on any atom is -0.311 e. The number of rotatable bonds is 3. The molecule has 0 radical (unpaired) electrons. The molecule has 1 saturated carbocycles. The van der Waals surface area contributed by atoms with Gasteiger partial charge in [0, 0.05) is 30.7 Å². The van der Waals surface area contributed by atoms with Gasteiger partial charge in [-0.15, -0.1) is 0 Å². The van der Waals surface area contributed by atoms with E-state index >= 15 is 0 Å². The van der Waals surface area contributed by atoms with E-state index in [1.807, 2.05) is 0 Å². The number of piperazine rings is 1. The number of nitrogens with one attached hydrogen (secondary N) is 1. The molecule has 2 aliphatic rings. The molecule has 2 rings (SSSR count). The highest BCUT2D eigenvalue weighted by molar-refractivity contribution is 5.03. The molecule has 0 amide bonds. The van der Waals surface area contributed by atoms with Crippen molar-refractivity contribution in [1.29, 1.82) is 0 Å². The summed E-state index contributed by atoms with van der Waals surface area (Å²) in [6.07, 6.45) is 2.86. The van der Waals surface area contributed by atoms with Crippen molar-refractivity contribution in [2.75, 3.05) is 13.1 Å². The summed E-state index contributed by atoms with van der Waals surface area (Å²) in [5.74, 6) is 1.65. The van der Waals surface area contributed by atoms with E-state index in [0.29, 0.717) is 23.0 Å². The van der Waals surface area contributed by atoms with Crippen molar-refractivity contribution in [1.82, 2.24) is 10.2 Å². The van der Waals surface area contributed by atoms with Gasteiger partial charge in [-0.1, -0.05) is 34.6 Å². The zero-order valence-corrected chi connectivity index (χ0v) is 14.1. The van der Waals surface area contributed by atoms with Crippen LogP contribution >= 0.6 is 0 Å². The number of nitrogens with zero attached hydrogens (tertiary/aromatic N) is 1. The lowest BCUT2D eigenvalue weighted by Crippen LogP contribution is -2.67. The van der Waals surface area contributed by atoms with Gasteiger partial charge in [-0.05, 0) is 43.9 Å². The molecule has 2 fully saturated rings. The first kappa shape index (κ1) is 15.3. The zero-order valence-electron chi connectivity index (χ0n) is 14.1. The Bertz CT molecular complexity index is 310. The summed E-state index contributed by atoms with van der Waals surface area (Å²) in [5.41, 5.74) is 0.723. The van der Waals surface area contributed by atoms with E-state index < -0.39 is 0 Å². The van der Waals surface area contributed by atoms with Crippen LogP contribution in [0.1, 0.15) is 61.3 Å². The smallest absolute Gasteiger partial charge is 0.0249 e. The van der Waals surface area contributed by atoms with Gasteiger partial charge >= 0.3 is 0 Å². The summed E-state index contributed by atoms with van der Waals surface area (Å²) in [6.45, 7) is 19.1. The van der Waals surface area contributed by atoms with Gasteiger partial charge in [-0.2, -0.15) is 0 Å². The summed E-state index contributed by atoms with van der Waals surface area (Å²) in [5, 5.41) is 3.81. The van der Waals surface area contributed by atoms with Crippen LogP contribution in [0.3, 0.4) is 0 Å². The number of hydrogen-bond donors (Lipinski definition) is 1. The fourth-order valence-corrected chi connectivity index (χ4v) is 3.63. The molecule has 1 saturated heterocycles. The van der Waals surface area contributed by atoms with E-state index in [-0.39, 0.29) is 0 Å². The van der Waals surface area contributed by atoms with Crippen molar-refractivity contribution < 1.29 is 0 Å². The Balaban J connectivity index is 2.17. The Morgan fingerprint density at radius 2 is 1.63 bits per heavy atom. The Hall–Kier alpha value is -0.0800. The second-order valence-corrected chi connectivity index (χ2v) is 8.72. The fourth-order valence-electron chi connectivity index (χ4n) is 3.63. The van der Waals surface area contributed by atoms with Gasteiger partial charge in [-0.25, -0.2) is 0 Å². The molecule has 2 atom stereocenters. The van der Waals surface area contributed by atoms with Crippen molar-refractivity contribution in [3.63, 3.8) is 0 Å². The van der Waals surface area contributed by atoms with E-state index in [2.05, 4.69) is 58.7 Å². The highest BCUT2D eigenvalue weighted by atomic mass is 15.3. The topological polar surface area (TPSA) is 15.3 Å². The summed E-state index contributed by atoms with van der Waals surface area (Å²) in [4.78, 5) is 2.84. The molecule has 0 bridgehead atoms. The summed E-state index contributed by atoms with van der Waals surface area (Å²) in [6, 6.07) is 1.30. The molecule has 2 nitrogen and oxygen atoms in total. The monoisotopic (exact) mass is 266 g/mol. The minimum absolute atomic E-state index is 0.347. The Morgan fingerprint density at radius 3 is 2.05 bits per heavy atom. The van der Waals surface area contributed by atoms with Gasteiger partial charge in [0.25, 0.3) is 0 Å². The standard InChI is InChI=1S/C17H34N2/c1-12(2)14-10-18-15(16(3,4)5)11-19(14)17(6,7)13-8-9-13/h12-15,18H,8-11H2,1-7H3. The molecule has 0 aromatic heterocycles. The molecule has 0 aromatic rings. The quantitative estimate of drug-likeness (QED) is 0.841. The molecule has 0 spiro atoms. The average molecular weight is 266 g/mol. The second kappa shape index (κ2) is 5.04. The third-order valence-electron chi connectivity index (χ3n) is 5.48. The molecule has 1 aliphatic carbocycles. The van der Waals surface area contributed by atoms with E-state index in [0.717, 1.165) is 18.4 Å². The summed E-state index contributed by atoms with van der Waals surface area (Å²) < 4.78 is 0. The van der Waals surface area contributed by atoms with Crippen LogP contribution in [-0.2, 0) is 0 Å². The molecule has 2 heteroatoms. The molecule has 19 heavy (non-hydrogen) atoms. The fraction of sp³-hybridized carbons (Fsp3) is 1.00. The van der Waals surface area contributed by atoms with E-state index in [4.69, 9.17) is 0 Å². The normalized spacial score (nSPS) is 30.9. The van der Waals surface area contributed by atoms with Crippen molar-refractivity contribution in [3.05, 3.63) is 0 Å². The first-order valence-electron chi connectivity index (χ1n) is 8.14. The maximum absolute atomic E-state index is 3.81. The summed E-state index contributed by atoms with van der Waals surface area (Å²) >= 11 is 0. The molecule has 0 aromatic carbocycles. The maximum Gasteiger partial charge on any atom is 0.0249 e. The molecular formula is C17H34N2. The van der Waals surface area contributed by atoms with Crippen molar-refractivity contribution in [2.45, 2.75) is 78.9 Å². The van der Waals surface area contributed by atoms with Gasteiger partial charge in [0.2, 0.25) is 0 Å². The molecule has 1 N–H and O–H groups in total. The van der Waals surface area contributed by atoms with Crippen LogP contribution in [0.5, 0.6) is 0 Å². The van der Waals surface area contributed by atoms with Gasteiger partial charge in [-0.3, -0.25) is 4.90 Å². The third-order valence-corrected chi connectivity index (χ3v) is 5.48. The first-order chi connectivity index (χ1) is 8.64. The van der Waals surface area contributed by atoms with Crippen LogP contribution in [0.25, 0.3) is 0 Å². The Kier molecular flexibility index (Phi) is 4.06. The van der Waals surface area contributed by atoms with Crippen molar-refractivity contribution >= 4 is 0 Å². The minimum atomic E-state index is 0.347. The number of hydrogen-bond acceptors (Lipinski definition) is 2. The molecular weight excluding hydrogens is 232 g/mol. The highest BCUT2D eigenvalue weighted by Crippen LogP contribution is 2.45. The van der Waals surface area contributed by atoms with Gasteiger partial charge in [0.1, 0.15) is 0 Å². The zero-order chi connectivity index (χ0) is 14.4. The predicted octanol–water partition coefficient (Wildman–Crippen LogP) is 3.52. The maximum atomic E-state index is 3.81. The van der Waals surface area contributed by atoms with Crippen LogP contribution < -0.4 is 5.32 Å². The van der Waals surface area contributed by atoms with Crippen LogP contribution in [-0.4, -0.2) is 35.6 Å². The van der Waals surface area contributed by atoms with Crippen molar-refractivity contribution in [3.8, 4) is 0 Å². The Morgan fingerprint density at radius 1 is 1.05 bits per heavy atom. The largest absolute Gasteiger partial charge is 0.311 e.